The highest BCUT2D eigenvalue weighted by atomic mass is 79.9. The van der Waals surface area contributed by atoms with Crippen molar-refractivity contribution in [1.29, 1.82) is 0 Å². The highest BCUT2D eigenvalue weighted by Crippen LogP contribution is 2.41. The zero-order chi connectivity index (χ0) is 8.48. The topological polar surface area (TPSA) is 17.1 Å². The third kappa shape index (κ3) is 1.66. The fourth-order valence-corrected chi connectivity index (χ4v) is 2.66. The van der Waals surface area contributed by atoms with E-state index in [1.165, 1.54) is 0 Å². The molecule has 2 heteroatoms. The molecule has 64 valence electrons. The van der Waals surface area contributed by atoms with E-state index in [2.05, 4.69) is 29.8 Å². The largest absolute Gasteiger partial charge is 0.298 e. The van der Waals surface area contributed by atoms with Crippen molar-refractivity contribution in [1.82, 2.24) is 0 Å². The van der Waals surface area contributed by atoms with Gasteiger partial charge in [-0.05, 0) is 19.3 Å². The van der Waals surface area contributed by atoms with Gasteiger partial charge in [0, 0.05) is 5.41 Å². The van der Waals surface area contributed by atoms with Crippen molar-refractivity contribution in [2.75, 3.05) is 0 Å². The van der Waals surface area contributed by atoms with Crippen molar-refractivity contribution in [3.8, 4) is 0 Å². The van der Waals surface area contributed by atoms with Gasteiger partial charge in [-0.1, -0.05) is 36.2 Å². The first kappa shape index (κ1) is 9.24. The van der Waals surface area contributed by atoms with Gasteiger partial charge in [0.15, 0.2) is 5.78 Å². The fraction of sp³-hybridized carbons (Fsp3) is 0.889. The Morgan fingerprint density at radius 3 is 2.73 bits per heavy atom. The van der Waals surface area contributed by atoms with Crippen LogP contribution in [0.4, 0.5) is 0 Å². The Bertz CT molecular complexity index is 163. The number of hydrogen-bond donors (Lipinski definition) is 0. The number of hydrogen-bond acceptors (Lipinski definition) is 1. The summed E-state index contributed by atoms with van der Waals surface area (Å²) in [5, 5.41) is 0. The van der Waals surface area contributed by atoms with Crippen molar-refractivity contribution in [3.63, 3.8) is 0 Å². The molecule has 1 rings (SSSR count). The lowest BCUT2D eigenvalue weighted by Crippen LogP contribution is -2.25. The Hall–Kier alpha value is 0.150. The zero-order valence-corrected chi connectivity index (χ0v) is 8.78. The molecule has 2 atom stereocenters. The van der Waals surface area contributed by atoms with Crippen molar-refractivity contribution in [2.24, 2.45) is 5.41 Å². The second-order valence-electron chi connectivity index (χ2n) is 3.68. The van der Waals surface area contributed by atoms with Gasteiger partial charge in [0.25, 0.3) is 0 Å². The molecule has 1 nitrogen and oxygen atoms in total. The van der Waals surface area contributed by atoms with Gasteiger partial charge >= 0.3 is 0 Å². The van der Waals surface area contributed by atoms with Gasteiger partial charge in [0.1, 0.15) is 0 Å². The standard InChI is InChI=1S/C9H15BrO/c1-3-5-9(2)6-4-7(10)8(9)11/h7H,3-6H2,1-2H3. The van der Waals surface area contributed by atoms with Gasteiger partial charge in [-0.25, -0.2) is 0 Å². The maximum atomic E-state index is 11.6. The predicted octanol–water partition coefficient (Wildman–Crippen LogP) is 2.92. The highest BCUT2D eigenvalue weighted by Gasteiger charge is 2.41. The van der Waals surface area contributed by atoms with Crippen molar-refractivity contribution in [2.45, 2.75) is 44.4 Å². The summed E-state index contributed by atoms with van der Waals surface area (Å²) in [5.74, 6) is 0.416. The molecule has 0 radical (unpaired) electrons. The molecule has 0 N–H and O–H groups in total. The van der Waals surface area contributed by atoms with Crippen LogP contribution in [0.2, 0.25) is 0 Å². The number of halogens is 1. The van der Waals surface area contributed by atoms with Gasteiger partial charge in [0.05, 0.1) is 4.83 Å². The van der Waals surface area contributed by atoms with Crippen LogP contribution in [0.5, 0.6) is 0 Å². The van der Waals surface area contributed by atoms with Crippen LogP contribution >= 0.6 is 15.9 Å². The summed E-state index contributed by atoms with van der Waals surface area (Å²) in [4.78, 5) is 11.7. The minimum Gasteiger partial charge on any atom is -0.298 e. The number of carbonyl (C=O) groups excluding carboxylic acids is 1. The van der Waals surface area contributed by atoms with Crippen LogP contribution in [0.15, 0.2) is 0 Å². The number of rotatable bonds is 2. The molecule has 0 aromatic carbocycles. The lowest BCUT2D eigenvalue weighted by molar-refractivity contribution is -0.124. The minimum atomic E-state index is -0.0110. The second kappa shape index (κ2) is 3.26. The third-order valence-corrected chi connectivity index (χ3v) is 3.50. The average Bonchev–Trinajstić information content (AvgIpc) is 2.19. The maximum absolute atomic E-state index is 11.6. The Morgan fingerprint density at radius 1 is 1.73 bits per heavy atom. The number of ketones is 1. The van der Waals surface area contributed by atoms with E-state index < -0.39 is 0 Å². The van der Waals surface area contributed by atoms with Crippen LogP contribution in [0, 0.1) is 5.41 Å². The lowest BCUT2D eigenvalue weighted by atomic mass is 9.83. The maximum Gasteiger partial charge on any atom is 0.152 e. The van der Waals surface area contributed by atoms with E-state index in [0.29, 0.717) is 5.78 Å². The van der Waals surface area contributed by atoms with Crippen LogP contribution in [0.1, 0.15) is 39.5 Å². The van der Waals surface area contributed by atoms with Gasteiger partial charge in [-0.15, -0.1) is 0 Å². The molecular formula is C9H15BrO. The molecule has 11 heavy (non-hydrogen) atoms. The first-order chi connectivity index (χ1) is 5.10. The molecule has 1 aliphatic rings. The molecule has 0 aliphatic heterocycles. The van der Waals surface area contributed by atoms with E-state index in [9.17, 15) is 4.79 Å². The van der Waals surface area contributed by atoms with E-state index in [-0.39, 0.29) is 10.2 Å². The molecule has 1 fully saturated rings. The van der Waals surface area contributed by atoms with Crippen LogP contribution in [-0.4, -0.2) is 10.6 Å². The summed E-state index contributed by atoms with van der Waals surface area (Å²) in [6.45, 7) is 4.24. The Labute approximate surface area is 76.7 Å². The van der Waals surface area contributed by atoms with Crippen LogP contribution in [-0.2, 0) is 4.79 Å². The quantitative estimate of drug-likeness (QED) is 0.652. The molecular weight excluding hydrogens is 204 g/mol. The molecule has 0 amide bonds. The van der Waals surface area contributed by atoms with Crippen LogP contribution in [0.3, 0.4) is 0 Å². The summed E-state index contributed by atoms with van der Waals surface area (Å²) in [6, 6.07) is 0. The van der Waals surface area contributed by atoms with E-state index >= 15 is 0 Å². The first-order valence-electron chi connectivity index (χ1n) is 4.28. The lowest BCUT2D eigenvalue weighted by Gasteiger charge is -2.20. The van der Waals surface area contributed by atoms with E-state index in [1.807, 2.05) is 0 Å². The number of carbonyl (C=O) groups is 1. The number of Topliss-reactive ketones (excluding diaryl/α,β-unsaturated/α-hetero) is 1. The molecule has 0 aromatic rings. The minimum absolute atomic E-state index is 0.0110. The van der Waals surface area contributed by atoms with E-state index in [1.54, 1.807) is 0 Å². The fourth-order valence-electron chi connectivity index (χ4n) is 1.88. The highest BCUT2D eigenvalue weighted by molar-refractivity contribution is 9.10. The molecule has 0 aromatic heterocycles. The van der Waals surface area contributed by atoms with Crippen LogP contribution < -0.4 is 0 Å². The normalized spacial score (nSPS) is 38.1. The van der Waals surface area contributed by atoms with Crippen molar-refractivity contribution >= 4 is 21.7 Å². The molecule has 0 spiro atoms. The summed E-state index contributed by atoms with van der Waals surface area (Å²) < 4.78 is 0. The monoisotopic (exact) mass is 218 g/mol. The molecule has 0 heterocycles. The molecule has 0 saturated heterocycles. The summed E-state index contributed by atoms with van der Waals surface area (Å²) in [5.41, 5.74) is -0.0110. The van der Waals surface area contributed by atoms with E-state index in [4.69, 9.17) is 0 Å². The smallest absolute Gasteiger partial charge is 0.152 e. The zero-order valence-electron chi connectivity index (χ0n) is 7.19. The predicted molar refractivity (Wildman–Crippen MR) is 50.0 cm³/mol. The number of alkyl halides is 1. The molecule has 1 aliphatic carbocycles. The van der Waals surface area contributed by atoms with Crippen LogP contribution in [0.25, 0.3) is 0 Å². The van der Waals surface area contributed by atoms with Gasteiger partial charge in [-0.3, -0.25) is 4.79 Å². The van der Waals surface area contributed by atoms with Crippen molar-refractivity contribution < 1.29 is 4.79 Å². The van der Waals surface area contributed by atoms with Crippen molar-refractivity contribution in [3.05, 3.63) is 0 Å². The third-order valence-electron chi connectivity index (χ3n) is 2.63. The van der Waals surface area contributed by atoms with Gasteiger partial charge < -0.3 is 0 Å². The SMILES string of the molecule is CCCC1(C)CCC(Br)C1=O. The Kier molecular flexibility index (Phi) is 2.74. The van der Waals surface area contributed by atoms with E-state index in [0.717, 1.165) is 25.7 Å². The first-order valence-corrected chi connectivity index (χ1v) is 5.20. The summed E-state index contributed by atoms with van der Waals surface area (Å²) in [6.07, 6.45) is 4.25. The molecule has 2 unspecified atom stereocenters. The Balaban J connectivity index is 2.65. The molecule has 1 saturated carbocycles. The molecule has 0 bridgehead atoms. The van der Waals surface area contributed by atoms with Gasteiger partial charge in [-0.2, -0.15) is 0 Å². The Morgan fingerprint density at radius 2 is 2.36 bits per heavy atom. The average molecular weight is 219 g/mol. The van der Waals surface area contributed by atoms with Gasteiger partial charge in [0.2, 0.25) is 0 Å². The summed E-state index contributed by atoms with van der Waals surface area (Å²) >= 11 is 3.40. The summed E-state index contributed by atoms with van der Waals surface area (Å²) in [7, 11) is 0. The second-order valence-corrected chi connectivity index (χ2v) is 4.79.